The molecule has 0 N–H and O–H groups in total. The van der Waals surface area contributed by atoms with Gasteiger partial charge in [-0.25, -0.2) is 8.78 Å². The average molecular weight is 289 g/mol. The first-order chi connectivity index (χ1) is 9.99. The van der Waals surface area contributed by atoms with Crippen molar-refractivity contribution in [2.24, 2.45) is 5.92 Å². The van der Waals surface area contributed by atoms with Crippen LogP contribution >= 0.6 is 0 Å². The topological polar surface area (TPSA) is 20.3 Å². The van der Waals surface area contributed by atoms with E-state index in [-0.39, 0.29) is 23.9 Å². The van der Waals surface area contributed by atoms with Gasteiger partial charge in [0.05, 0.1) is 6.54 Å². The molecule has 0 aliphatic heterocycles. The van der Waals surface area contributed by atoms with Gasteiger partial charge in [-0.05, 0) is 18.2 Å². The Hall–Kier alpha value is -2.23. The number of para-hydroxylation sites is 1. The number of benzene rings is 2. The van der Waals surface area contributed by atoms with Gasteiger partial charge in [0, 0.05) is 23.2 Å². The highest BCUT2D eigenvalue weighted by Gasteiger charge is 2.20. The van der Waals surface area contributed by atoms with E-state index in [4.69, 9.17) is 0 Å². The quantitative estimate of drug-likeness (QED) is 0.828. The van der Waals surface area contributed by atoms with Crippen LogP contribution < -0.4 is 4.90 Å². The molecular weight excluding hydrogens is 272 g/mol. The van der Waals surface area contributed by atoms with E-state index in [1.165, 1.54) is 17.0 Å². The summed E-state index contributed by atoms with van der Waals surface area (Å²) in [6.07, 6.45) is 0. The predicted octanol–water partition coefficient (Wildman–Crippen LogP) is 4.15. The molecule has 0 saturated heterocycles. The highest BCUT2D eigenvalue weighted by molar-refractivity contribution is 5.94. The Morgan fingerprint density at radius 3 is 2.33 bits per heavy atom. The maximum absolute atomic E-state index is 13.8. The fourth-order valence-corrected chi connectivity index (χ4v) is 2.04. The summed E-state index contributed by atoms with van der Waals surface area (Å²) in [7, 11) is 0. The zero-order valence-corrected chi connectivity index (χ0v) is 12.0. The van der Waals surface area contributed by atoms with Crippen LogP contribution in [0, 0.1) is 17.6 Å². The Labute approximate surface area is 123 Å². The number of hydrogen-bond acceptors (Lipinski definition) is 1. The Bertz CT molecular complexity index is 626. The fraction of sp³-hybridized carbons (Fsp3) is 0.235. The van der Waals surface area contributed by atoms with Crippen LogP contribution in [0.15, 0.2) is 48.5 Å². The molecule has 0 aliphatic carbocycles. The number of carbonyl (C=O) groups excluding carboxylic acids is 1. The van der Waals surface area contributed by atoms with Crippen molar-refractivity contribution in [1.29, 1.82) is 0 Å². The van der Waals surface area contributed by atoms with Gasteiger partial charge >= 0.3 is 0 Å². The van der Waals surface area contributed by atoms with Crippen LogP contribution in [0.3, 0.4) is 0 Å². The lowest BCUT2D eigenvalue weighted by Gasteiger charge is -2.25. The molecule has 0 saturated carbocycles. The molecule has 2 aromatic rings. The van der Waals surface area contributed by atoms with E-state index in [9.17, 15) is 13.6 Å². The van der Waals surface area contributed by atoms with Gasteiger partial charge in [-0.2, -0.15) is 0 Å². The molecule has 0 bridgehead atoms. The molecule has 1 amide bonds. The third-order valence-corrected chi connectivity index (χ3v) is 3.17. The minimum absolute atomic E-state index is 0.0765. The van der Waals surface area contributed by atoms with E-state index in [0.717, 1.165) is 6.07 Å². The van der Waals surface area contributed by atoms with E-state index in [1.807, 2.05) is 18.2 Å². The van der Waals surface area contributed by atoms with Gasteiger partial charge in [0.25, 0.3) is 0 Å². The normalized spacial score (nSPS) is 10.7. The minimum Gasteiger partial charge on any atom is -0.308 e. The maximum atomic E-state index is 13.8. The molecule has 0 aromatic heterocycles. The minimum atomic E-state index is -0.646. The maximum Gasteiger partial charge on any atom is 0.229 e. The monoisotopic (exact) mass is 289 g/mol. The Morgan fingerprint density at radius 1 is 1.10 bits per heavy atom. The molecule has 2 rings (SSSR count). The lowest BCUT2D eigenvalue weighted by Crippen LogP contribution is -2.34. The predicted molar refractivity (Wildman–Crippen MR) is 78.8 cm³/mol. The molecule has 0 aliphatic rings. The first-order valence-corrected chi connectivity index (χ1v) is 6.79. The number of rotatable bonds is 4. The first-order valence-electron chi connectivity index (χ1n) is 6.79. The number of hydrogen-bond donors (Lipinski definition) is 0. The molecule has 0 spiro atoms. The summed E-state index contributed by atoms with van der Waals surface area (Å²) >= 11 is 0. The molecule has 0 atom stereocenters. The van der Waals surface area contributed by atoms with E-state index in [1.54, 1.807) is 26.0 Å². The van der Waals surface area contributed by atoms with Crippen LogP contribution in [0.5, 0.6) is 0 Å². The van der Waals surface area contributed by atoms with Crippen molar-refractivity contribution in [3.05, 3.63) is 65.7 Å². The first kappa shape index (κ1) is 15.2. The largest absolute Gasteiger partial charge is 0.308 e. The number of anilines is 1. The van der Waals surface area contributed by atoms with E-state index in [0.29, 0.717) is 5.69 Å². The summed E-state index contributed by atoms with van der Waals surface area (Å²) in [4.78, 5) is 13.9. The Balaban J connectivity index is 2.34. The van der Waals surface area contributed by atoms with E-state index >= 15 is 0 Å². The summed E-state index contributed by atoms with van der Waals surface area (Å²) < 4.78 is 26.8. The van der Waals surface area contributed by atoms with Gasteiger partial charge in [0.1, 0.15) is 11.6 Å². The summed E-state index contributed by atoms with van der Waals surface area (Å²) in [6, 6.07) is 12.5. The van der Waals surface area contributed by atoms with Crippen LogP contribution in [-0.4, -0.2) is 5.91 Å². The van der Waals surface area contributed by atoms with Gasteiger partial charge < -0.3 is 4.90 Å². The van der Waals surface area contributed by atoms with E-state index < -0.39 is 11.6 Å². The molecular formula is C17H17F2NO. The highest BCUT2D eigenvalue weighted by Crippen LogP contribution is 2.21. The van der Waals surface area contributed by atoms with Gasteiger partial charge in [0.15, 0.2) is 0 Å². The summed E-state index contributed by atoms with van der Waals surface area (Å²) in [5.41, 5.74) is 0.981. The van der Waals surface area contributed by atoms with Crippen molar-refractivity contribution in [2.75, 3.05) is 4.90 Å². The molecule has 0 heterocycles. The molecule has 2 nitrogen and oxygen atoms in total. The van der Waals surface area contributed by atoms with Crippen LogP contribution in [0.1, 0.15) is 19.4 Å². The van der Waals surface area contributed by atoms with Crippen molar-refractivity contribution in [1.82, 2.24) is 0 Å². The molecule has 2 aromatic carbocycles. The highest BCUT2D eigenvalue weighted by atomic mass is 19.1. The zero-order chi connectivity index (χ0) is 15.4. The van der Waals surface area contributed by atoms with Crippen molar-refractivity contribution < 1.29 is 13.6 Å². The lowest BCUT2D eigenvalue weighted by molar-refractivity contribution is -0.121. The van der Waals surface area contributed by atoms with Gasteiger partial charge in [-0.3, -0.25) is 4.79 Å². The van der Waals surface area contributed by atoms with Gasteiger partial charge in [0.2, 0.25) is 5.91 Å². The van der Waals surface area contributed by atoms with Crippen LogP contribution in [0.2, 0.25) is 0 Å². The second-order valence-corrected chi connectivity index (χ2v) is 5.15. The second kappa shape index (κ2) is 6.48. The molecule has 0 fully saturated rings. The van der Waals surface area contributed by atoms with Crippen LogP contribution in [0.25, 0.3) is 0 Å². The number of amides is 1. The van der Waals surface area contributed by atoms with Crippen molar-refractivity contribution in [3.63, 3.8) is 0 Å². The average Bonchev–Trinajstić information content (AvgIpc) is 2.46. The lowest BCUT2D eigenvalue weighted by atomic mass is 10.1. The van der Waals surface area contributed by atoms with Crippen molar-refractivity contribution in [2.45, 2.75) is 20.4 Å². The second-order valence-electron chi connectivity index (χ2n) is 5.15. The Kier molecular flexibility index (Phi) is 4.68. The molecule has 0 unspecified atom stereocenters. The standard InChI is InChI=1S/C17H17F2NO/c1-12(2)17(21)20(15-6-4-3-5-7-15)11-13-8-9-14(18)10-16(13)19/h3-10,12H,11H2,1-2H3. The number of nitrogens with zero attached hydrogens (tertiary/aromatic N) is 1. The molecule has 4 heteroatoms. The fourth-order valence-electron chi connectivity index (χ4n) is 2.04. The SMILES string of the molecule is CC(C)C(=O)N(Cc1ccc(F)cc1F)c1ccccc1. The van der Waals surface area contributed by atoms with Crippen molar-refractivity contribution >= 4 is 11.6 Å². The smallest absolute Gasteiger partial charge is 0.229 e. The summed E-state index contributed by atoms with van der Waals surface area (Å²) in [5, 5.41) is 0. The Morgan fingerprint density at radius 2 is 1.76 bits per heavy atom. The summed E-state index contributed by atoms with van der Waals surface area (Å²) in [6.45, 7) is 3.66. The third kappa shape index (κ3) is 3.66. The van der Waals surface area contributed by atoms with Crippen LogP contribution in [-0.2, 0) is 11.3 Å². The molecule has 0 radical (unpaired) electrons. The number of halogens is 2. The number of carbonyl (C=O) groups is 1. The van der Waals surface area contributed by atoms with E-state index in [2.05, 4.69) is 0 Å². The van der Waals surface area contributed by atoms with Crippen molar-refractivity contribution in [3.8, 4) is 0 Å². The summed E-state index contributed by atoms with van der Waals surface area (Å²) in [5.74, 6) is -1.59. The zero-order valence-electron chi connectivity index (χ0n) is 12.0. The van der Waals surface area contributed by atoms with Gasteiger partial charge in [-0.15, -0.1) is 0 Å². The van der Waals surface area contributed by atoms with Crippen LogP contribution in [0.4, 0.5) is 14.5 Å². The molecule has 110 valence electrons. The third-order valence-electron chi connectivity index (χ3n) is 3.17. The van der Waals surface area contributed by atoms with Gasteiger partial charge in [-0.1, -0.05) is 38.1 Å². The molecule has 21 heavy (non-hydrogen) atoms.